The van der Waals surface area contributed by atoms with Crippen LogP contribution in [0.15, 0.2) is 88.2 Å². The molecular weight excluding hydrogens is 386 g/mol. The van der Waals surface area contributed by atoms with Gasteiger partial charge in [-0.05, 0) is 36.4 Å². The van der Waals surface area contributed by atoms with Crippen LogP contribution in [0.4, 0.5) is 0 Å². The van der Waals surface area contributed by atoms with Crippen molar-refractivity contribution in [1.82, 2.24) is 14.4 Å². The summed E-state index contributed by atoms with van der Waals surface area (Å²) in [5.74, 6) is 0. The lowest BCUT2D eigenvalue weighted by molar-refractivity contribution is 0.633. The lowest BCUT2D eigenvalue weighted by Gasteiger charge is -2.07. The molecule has 0 N–H and O–H groups in total. The van der Waals surface area contributed by atoms with Crippen LogP contribution in [0.1, 0.15) is 0 Å². The molecule has 0 radical (unpaired) electrons. The van der Waals surface area contributed by atoms with E-state index in [0.29, 0.717) is 0 Å². The largest absolute Gasteiger partial charge is 0.452 e. The Balaban J connectivity index is 1.61. The zero-order valence-electron chi connectivity index (χ0n) is 16.2. The Labute approximate surface area is 174 Å². The number of hydrogen-bond donors (Lipinski definition) is 0. The molecule has 0 amide bonds. The van der Waals surface area contributed by atoms with Gasteiger partial charge in [0.2, 0.25) is 0 Å². The first kappa shape index (κ1) is 15.5. The number of para-hydroxylation sites is 1. The van der Waals surface area contributed by atoms with Gasteiger partial charge in [-0.15, -0.1) is 0 Å². The third-order valence-electron chi connectivity index (χ3n) is 6.35. The molecule has 3 aromatic carbocycles. The second-order valence-electron chi connectivity index (χ2n) is 7.93. The summed E-state index contributed by atoms with van der Waals surface area (Å²) < 4.78 is 14.7. The molecule has 5 heterocycles. The van der Waals surface area contributed by atoms with Gasteiger partial charge in [0, 0.05) is 62.5 Å². The third-order valence-corrected chi connectivity index (χ3v) is 6.35. The number of fused-ring (bicyclic) bond motifs is 13. The molecule has 0 unspecified atom stereocenters. The van der Waals surface area contributed by atoms with Crippen molar-refractivity contribution in [3.05, 3.63) is 79.4 Å². The van der Waals surface area contributed by atoms with E-state index >= 15 is 0 Å². The van der Waals surface area contributed by atoms with Crippen molar-refractivity contribution in [3.8, 4) is 0 Å². The molecule has 0 saturated carbocycles. The Morgan fingerprint density at radius 3 is 2.42 bits per heavy atom. The molecule has 0 atom stereocenters. The summed E-state index contributed by atoms with van der Waals surface area (Å²) in [4.78, 5) is 8.95. The Morgan fingerprint density at radius 2 is 1.48 bits per heavy atom. The Hall–Kier alpha value is -4.38. The van der Waals surface area contributed by atoms with Crippen LogP contribution < -0.4 is 0 Å². The van der Waals surface area contributed by atoms with Gasteiger partial charge in [-0.1, -0.05) is 18.2 Å². The number of rotatable bonds is 0. The Morgan fingerprint density at radius 1 is 0.645 bits per heavy atom. The van der Waals surface area contributed by atoms with Crippen molar-refractivity contribution >= 4 is 71.2 Å². The SMILES string of the molecule is c1ccc2c(c1)oc1c2ccc2c3cc4c(cc3oc21)c1cnccc1c1nccn41. The molecular formula is C26H13N3O2. The van der Waals surface area contributed by atoms with Gasteiger partial charge in [0.25, 0.3) is 0 Å². The highest BCUT2D eigenvalue weighted by molar-refractivity contribution is 6.22. The molecule has 0 spiro atoms. The molecule has 5 nitrogen and oxygen atoms in total. The lowest BCUT2D eigenvalue weighted by atomic mass is 10.0. The number of pyridine rings is 2. The van der Waals surface area contributed by atoms with Crippen LogP contribution >= 0.6 is 0 Å². The van der Waals surface area contributed by atoms with E-state index in [4.69, 9.17) is 8.83 Å². The first-order chi connectivity index (χ1) is 15.4. The van der Waals surface area contributed by atoms with Crippen molar-refractivity contribution < 1.29 is 8.83 Å². The fourth-order valence-corrected chi connectivity index (χ4v) is 4.97. The van der Waals surface area contributed by atoms with Crippen molar-refractivity contribution in [1.29, 1.82) is 0 Å². The predicted molar refractivity (Wildman–Crippen MR) is 123 cm³/mol. The van der Waals surface area contributed by atoms with Gasteiger partial charge in [-0.25, -0.2) is 4.98 Å². The first-order valence-electron chi connectivity index (χ1n) is 10.2. The highest BCUT2D eigenvalue weighted by atomic mass is 16.4. The third kappa shape index (κ3) is 1.82. The van der Waals surface area contributed by atoms with E-state index in [1.807, 2.05) is 42.9 Å². The van der Waals surface area contributed by atoms with Gasteiger partial charge in [0.15, 0.2) is 11.2 Å². The monoisotopic (exact) mass is 399 g/mol. The van der Waals surface area contributed by atoms with Gasteiger partial charge in [-0.3, -0.25) is 9.38 Å². The zero-order valence-corrected chi connectivity index (χ0v) is 16.2. The number of hydrogen-bond acceptors (Lipinski definition) is 4. The average Bonchev–Trinajstić information content (AvgIpc) is 3.53. The van der Waals surface area contributed by atoms with Crippen molar-refractivity contribution in [2.75, 3.05) is 0 Å². The van der Waals surface area contributed by atoms with E-state index in [2.05, 4.69) is 44.7 Å². The van der Waals surface area contributed by atoms with Crippen molar-refractivity contribution in [2.24, 2.45) is 0 Å². The van der Waals surface area contributed by atoms with Crippen LogP contribution in [-0.2, 0) is 0 Å². The molecule has 5 aromatic heterocycles. The van der Waals surface area contributed by atoms with Gasteiger partial charge in [-0.2, -0.15) is 0 Å². The molecule has 8 rings (SSSR count). The van der Waals surface area contributed by atoms with Crippen LogP contribution in [0, 0.1) is 0 Å². The predicted octanol–water partition coefficient (Wildman–Crippen LogP) is 6.83. The van der Waals surface area contributed by atoms with Crippen molar-refractivity contribution in [3.63, 3.8) is 0 Å². The minimum Gasteiger partial charge on any atom is -0.452 e. The quantitative estimate of drug-likeness (QED) is 0.262. The minimum absolute atomic E-state index is 0.781. The van der Waals surface area contributed by atoms with Crippen LogP contribution in [-0.4, -0.2) is 14.4 Å². The molecule has 0 aliphatic rings. The lowest BCUT2D eigenvalue weighted by Crippen LogP contribution is -1.91. The smallest absolute Gasteiger partial charge is 0.178 e. The van der Waals surface area contributed by atoms with E-state index < -0.39 is 0 Å². The van der Waals surface area contributed by atoms with E-state index in [-0.39, 0.29) is 0 Å². The highest BCUT2D eigenvalue weighted by Crippen LogP contribution is 2.40. The number of imidazole rings is 1. The second-order valence-corrected chi connectivity index (χ2v) is 7.93. The van der Waals surface area contributed by atoms with Crippen LogP contribution in [0.3, 0.4) is 0 Å². The summed E-state index contributed by atoms with van der Waals surface area (Å²) in [6.45, 7) is 0. The average molecular weight is 399 g/mol. The summed E-state index contributed by atoms with van der Waals surface area (Å²) in [6.07, 6.45) is 7.55. The van der Waals surface area contributed by atoms with Gasteiger partial charge in [0.05, 0.1) is 5.52 Å². The number of furan rings is 2. The van der Waals surface area contributed by atoms with Crippen molar-refractivity contribution in [2.45, 2.75) is 0 Å². The topological polar surface area (TPSA) is 56.5 Å². The summed E-state index contributed by atoms with van der Waals surface area (Å²) >= 11 is 0. The van der Waals surface area contributed by atoms with E-state index in [1.165, 1.54) is 0 Å². The summed E-state index contributed by atoms with van der Waals surface area (Å²) in [6, 6.07) is 18.7. The van der Waals surface area contributed by atoms with Gasteiger partial charge in [0.1, 0.15) is 16.8 Å². The summed E-state index contributed by atoms with van der Waals surface area (Å²) in [5, 5.41) is 7.49. The molecule has 0 aliphatic carbocycles. The second kappa shape index (κ2) is 5.21. The molecule has 0 bridgehead atoms. The molecule has 144 valence electrons. The van der Waals surface area contributed by atoms with E-state index in [1.54, 1.807) is 6.20 Å². The molecule has 0 fully saturated rings. The standard InChI is InChI=1S/C26H13N3O2/c1-2-4-22-14(3-1)15-5-6-16-19-11-21-18(12-23(19)31-25(16)24(15)30-22)20-13-27-8-7-17(20)26-28-9-10-29(21)26/h1-13H. The number of aromatic nitrogens is 3. The molecule has 0 saturated heterocycles. The Bertz CT molecular complexity index is 2010. The first-order valence-corrected chi connectivity index (χ1v) is 10.2. The number of nitrogens with zero attached hydrogens (tertiary/aromatic N) is 3. The van der Waals surface area contributed by atoms with Crippen LogP contribution in [0.2, 0.25) is 0 Å². The maximum atomic E-state index is 6.41. The van der Waals surface area contributed by atoms with E-state index in [0.717, 1.165) is 71.2 Å². The Kier molecular flexibility index (Phi) is 2.60. The normalized spacial score (nSPS) is 12.5. The zero-order chi connectivity index (χ0) is 20.1. The highest BCUT2D eigenvalue weighted by Gasteiger charge is 2.18. The van der Waals surface area contributed by atoms with Gasteiger partial charge < -0.3 is 8.83 Å². The fraction of sp³-hybridized carbons (Fsp3) is 0. The maximum absolute atomic E-state index is 6.41. The molecule has 31 heavy (non-hydrogen) atoms. The van der Waals surface area contributed by atoms with Gasteiger partial charge >= 0.3 is 0 Å². The molecule has 0 aliphatic heterocycles. The summed E-state index contributed by atoms with van der Waals surface area (Å²) in [7, 11) is 0. The maximum Gasteiger partial charge on any atom is 0.178 e. The van der Waals surface area contributed by atoms with E-state index in [9.17, 15) is 0 Å². The minimum atomic E-state index is 0.781. The number of benzene rings is 3. The molecule has 5 heteroatoms. The molecule has 8 aromatic rings. The summed E-state index contributed by atoms with van der Waals surface area (Å²) in [5.41, 5.74) is 5.28. The fourth-order valence-electron chi connectivity index (χ4n) is 4.97. The van der Waals surface area contributed by atoms with Crippen LogP contribution in [0.5, 0.6) is 0 Å². The van der Waals surface area contributed by atoms with Crippen LogP contribution in [0.25, 0.3) is 71.2 Å².